The van der Waals surface area contributed by atoms with Gasteiger partial charge in [-0.15, -0.1) is 0 Å². The van der Waals surface area contributed by atoms with Gasteiger partial charge in [0, 0.05) is 32.8 Å². The smallest absolute Gasteiger partial charge is 0.255 e. The average Bonchev–Trinajstić information content (AvgIpc) is 2.76. The summed E-state index contributed by atoms with van der Waals surface area (Å²) in [6, 6.07) is 1.69. The number of aromatic nitrogens is 3. The second-order valence-electron chi connectivity index (χ2n) is 8.13. The fourth-order valence-corrected chi connectivity index (χ4v) is 3.56. The maximum absolute atomic E-state index is 12.8. The molecule has 168 valence electrons. The van der Waals surface area contributed by atoms with Gasteiger partial charge in [0.15, 0.2) is 5.82 Å². The van der Waals surface area contributed by atoms with Crippen molar-refractivity contribution in [3.63, 3.8) is 0 Å². The molecular formula is C21H31N7O3. The number of amides is 2. The summed E-state index contributed by atoms with van der Waals surface area (Å²) in [4.78, 5) is 39.2. The fraction of sp³-hybridized carbons (Fsp3) is 0.571. The molecule has 4 N–H and O–H groups in total. The molecule has 0 saturated carbocycles. The summed E-state index contributed by atoms with van der Waals surface area (Å²) in [7, 11) is 0. The van der Waals surface area contributed by atoms with Crippen LogP contribution >= 0.6 is 0 Å². The largest absolute Gasteiger partial charge is 0.378 e. The maximum Gasteiger partial charge on any atom is 0.255 e. The molecule has 2 aromatic heterocycles. The number of carbonyl (C=O) groups excluding carboxylic acids is 2. The van der Waals surface area contributed by atoms with E-state index in [0.29, 0.717) is 55.3 Å². The number of nitrogens with one attached hydrogen (secondary N) is 2. The van der Waals surface area contributed by atoms with Gasteiger partial charge in [0.05, 0.1) is 29.8 Å². The van der Waals surface area contributed by atoms with Gasteiger partial charge in [0.2, 0.25) is 11.9 Å². The van der Waals surface area contributed by atoms with Gasteiger partial charge in [-0.05, 0) is 19.4 Å². The van der Waals surface area contributed by atoms with E-state index in [2.05, 4.69) is 32.5 Å². The SMILES string of the molecule is CCCC[C@](C)(CNC(C)=O)Nc1nc(N)nc2cc(C(=O)N3CCOCC3)cnc12. The minimum absolute atomic E-state index is 0.0881. The molecule has 2 amide bonds. The second-order valence-corrected chi connectivity index (χ2v) is 8.13. The highest BCUT2D eigenvalue weighted by molar-refractivity contribution is 5.98. The Balaban J connectivity index is 1.90. The zero-order valence-electron chi connectivity index (χ0n) is 18.4. The van der Waals surface area contributed by atoms with Crippen molar-refractivity contribution < 1.29 is 14.3 Å². The Morgan fingerprint density at radius 2 is 2.03 bits per heavy atom. The maximum atomic E-state index is 12.8. The van der Waals surface area contributed by atoms with Gasteiger partial charge < -0.3 is 26.0 Å². The molecule has 0 radical (unpaired) electrons. The average molecular weight is 430 g/mol. The molecule has 10 heteroatoms. The molecular weight excluding hydrogens is 398 g/mol. The van der Waals surface area contributed by atoms with Crippen LogP contribution in [-0.4, -0.2) is 70.1 Å². The van der Waals surface area contributed by atoms with E-state index in [1.165, 1.54) is 6.92 Å². The lowest BCUT2D eigenvalue weighted by Gasteiger charge is -2.32. The number of nitrogens with two attached hydrogens (primary N) is 1. The van der Waals surface area contributed by atoms with E-state index in [9.17, 15) is 9.59 Å². The van der Waals surface area contributed by atoms with Crippen molar-refractivity contribution in [1.82, 2.24) is 25.2 Å². The Labute approximate surface area is 182 Å². The quantitative estimate of drug-likeness (QED) is 0.575. The molecule has 3 heterocycles. The highest BCUT2D eigenvalue weighted by atomic mass is 16.5. The number of rotatable bonds is 8. The van der Waals surface area contributed by atoms with E-state index in [1.54, 1.807) is 17.2 Å². The summed E-state index contributed by atoms with van der Waals surface area (Å²) < 4.78 is 5.32. The minimum Gasteiger partial charge on any atom is -0.378 e. The van der Waals surface area contributed by atoms with Crippen molar-refractivity contribution >= 4 is 34.6 Å². The lowest BCUT2D eigenvalue weighted by atomic mass is 9.94. The van der Waals surface area contributed by atoms with E-state index < -0.39 is 5.54 Å². The number of unbranched alkanes of at least 4 members (excludes halogenated alkanes) is 1. The van der Waals surface area contributed by atoms with Gasteiger partial charge in [-0.1, -0.05) is 19.8 Å². The van der Waals surface area contributed by atoms with E-state index in [1.807, 2.05) is 6.92 Å². The molecule has 0 unspecified atom stereocenters. The Kier molecular flexibility index (Phi) is 7.21. The van der Waals surface area contributed by atoms with E-state index >= 15 is 0 Å². The molecule has 3 rings (SSSR count). The molecule has 0 spiro atoms. The minimum atomic E-state index is -0.445. The molecule has 10 nitrogen and oxygen atoms in total. The lowest BCUT2D eigenvalue weighted by Crippen LogP contribution is -2.46. The number of hydrogen-bond acceptors (Lipinski definition) is 8. The van der Waals surface area contributed by atoms with Gasteiger partial charge in [0.1, 0.15) is 5.52 Å². The van der Waals surface area contributed by atoms with E-state index in [4.69, 9.17) is 10.5 Å². The first-order chi connectivity index (χ1) is 14.8. The fourth-order valence-electron chi connectivity index (χ4n) is 3.56. The van der Waals surface area contributed by atoms with Crippen molar-refractivity contribution in [3.8, 4) is 0 Å². The van der Waals surface area contributed by atoms with Crippen molar-refractivity contribution in [1.29, 1.82) is 0 Å². The third kappa shape index (κ3) is 5.78. The van der Waals surface area contributed by atoms with Gasteiger partial charge in [0.25, 0.3) is 5.91 Å². The number of hydrogen-bond donors (Lipinski definition) is 3. The van der Waals surface area contributed by atoms with Crippen LogP contribution in [0.25, 0.3) is 11.0 Å². The standard InChI is InChI=1S/C21H31N7O3/c1-4-5-6-21(3,13-24-14(2)29)27-18-17-16(25-20(22)26-18)11-15(12-23-17)19(30)28-7-9-31-10-8-28/h11-12H,4-10,13H2,1-3H3,(H,24,29)(H3,22,25,26,27)/t21-/m1/s1. The Bertz CT molecular complexity index is 946. The van der Waals surface area contributed by atoms with Crippen LogP contribution in [0.2, 0.25) is 0 Å². The van der Waals surface area contributed by atoms with Crippen LogP contribution in [0.1, 0.15) is 50.4 Å². The van der Waals surface area contributed by atoms with Gasteiger partial charge in [-0.2, -0.15) is 4.98 Å². The first kappa shape index (κ1) is 22.7. The number of fused-ring (bicyclic) bond motifs is 1. The summed E-state index contributed by atoms with van der Waals surface area (Å²) in [5.74, 6) is 0.366. The zero-order valence-corrected chi connectivity index (χ0v) is 18.4. The third-order valence-corrected chi connectivity index (χ3v) is 5.33. The zero-order chi connectivity index (χ0) is 22.4. The summed E-state index contributed by atoms with van der Waals surface area (Å²) >= 11 is 0. The van der Waals surface area contributed by atoms with Gasteiger partial charge in [-0.3, -0.25) is 9.59 Å². The normalized spacial score (nSPS) is 16.0. The van der Waals surface area contributed by atoms with Crippen LogP contribution in [-0.2, 0) is 9.53 Å². The molecule has 1 aliphatic rings. The van der Waals surface area contributed by atoms with Crippen molar-refractivity contribution in [2.75, 3.05) is 43.9 Å². The van der Waals surface area contributed by atoms with Crippen LogP contribution < -0.4 is 16.4 Å². The Morgan fingerprint density at radius 3 is 2.71 bits per heavy atom. The number of nitrogen functional groups attached to an aromatic ring is 1. The number of morpholine rings is 1. The number of nitrogens with zero attached hydrogens (tertiary/aromatic N) is 4. The first-order valence-corrected chi connectivity index (χ1v) is 10.6. The molecule has 1 fully saturated rings. The van der Waals surface area contributed by atoms with Crippen LogP contribution in [0.3, 0.4) is 0 Å². The highest BCUT2D eigenvalue weighted by Crippen LogP contribution is 2.26. The van der Waals surface area contributed by atoms with Gasteiger partial charge >= 0.3 is 0 Å². The molecule has 1 aliphatic heterocycles. The molecule has 1 atom stereocenters. The van der Waals surface area contributed by atoms with Crippen LogP contribution in [0.15, 0.2) is 12.3 Å². The number of carbonyl (C=O) groups is 2. The Morgan fingerprint density at radius 1 is 1.29 bits per heavy atom. The monoisotopic (exact) mass is 429 g/mol. The molecule has 31 heavy (non-hydrogen) atoms. The molecule has 1 saturated heterocycles. The van der Waals surface area contributed by atoms with Crippen molar-refractivity contribution in [2.24, 2.45) is 0 Å². The van der Waals surface area contributed by atoms with Crippen LogP contribution in [0.4, 0.5) is 11.8 Å². The Hall–Kier alpha value is -3.01. The van der Waals surface area contributed by atoms with E-state index in [0.717, 1.165) is 19.3 Å². The van der Waals surface area contributed by atoms with E-state index in [-0.39, 0.29) is 17.8 Å². The summed E-state index contributed by atoms with van der Waals surface area (Å²) in [6.45, 7) is 8.23. The number of ether oxygens (including phenoxy) is 1. The predicted octanol–water partition coefficient (Wildman–Crippen LogP) is 1.58. The molecule has 2 aromatic rings. The summed E-state index contributed by atoms with van der Waals surface area (Å²) in [5.41, 5.74) is 6.99. The third-order valence-electron chi connectivity index (χ3n) is 5.33. The molecule has 0 aliphatic carbocycles. The predicted molar refractivity (Wildman–Crippen MR) is 119 cm³/mol. The van der Waals surface area contributed by atoms with Crippen molar-refractivity contribution in [2.45, 2.75) is 45.6 Å². The highest BCUT2D eigenvalue weighted by Gasteiger charge is 2.26. The number of pyridine rings is 1. The number of anilines is 2. The van der Waals surface area contributed by atoms with Crippen LogP contribution in [0, 0.1) is 0 Å². The summed E-state index contributed by atoms with van der Waals surface area (Å²) in [6.07, 6.45) is 4.37. The van der Waals surface area contributed by atoms with Gasteiger partial charge in [-0.25, -0.2) is 9.97 Å². The molecule has 0 aromatic carbocycles. The molecule has 0 bridgehead atoms. The summed E-state index contributed by atoms with van der Waals surface area (Å²) in [5, 5.41) is 6.30. The second kappa shape index (κ2) is 9.86. The topological polar surface area (TPSA) is 135 Å². The lowest BCUT2D eigenvalue weighted by molar-refractivity contribution is -0.119. The van der Waals surface area contributed by atoms with Crippen LogP contribution in [0.5, 0.6) is 0 Å². The van der Waals surface area contributed by atoms with Crippen molar-refractivity contribution in [3.05, 3.63) is 17.8 Å². The first-order valence-electron chi connectivity index (χ1n) is 10.6.